The first-order valence-corrected chi connectivity index (χ1v) is 25.1. The second kappa shape index (κ2) is 30.4. The van der Waals surface area contributed by atoms with Gasteiger partial charge >= 0.3 is 5.97 Å². The number of carbonyl (C=O) groups excluding carboxylic acids is 1. The van der Waals surface area contributed by atoms with Gasteiger partial charge in [-0.3, -0.25) is 4.79 Å². The van der Waals surface area contributed by atoms with Crippen molar-refractivity contribution in [3.8, 4) is 0 Å². The largest absolute Gasteiger partial charge is 0.479 e. The molecule has 8 heterocycles. The van der Waals surface area contributed by atoms with Gasteiger partial charge in [0.1, 0.15) is 6.10 Å². The molecule has 2 atom stereocenters. The molecule has 0 aliphatic carbocycles. The molecule has 14 nitrogen and oxygen atoms in total. The number of carbonyl (C=O) groups is 2. The number of amides is 1. The van der Waals surface area contributed by atoms with Crippen LogP contribution in [0.2, 0.25) is 0 Å². The summed E-state index contributed by atoms with van der Waals surface area (Å²) in [6.45, 7) is 19.9. The molecule has 5 N–H and O–H groups in total. The number of rotatable bonds is 11. The van der Waals surface area contributed by atoms with Crippen LogP contribution >= 0.6 is 0 Å². The van der Waals surface area contributed by atoms with E-state index in [-0.39, 0.29) is 32.0 Å². The average Bonchev–Trinajstić information content (AvgIpc) is 4.06. The fourth-order valence-electron chi connectivity index (χ4n) is 10.7. The number of likely N-dealkylation sites (tertiary alicyclic amines) is 5. The maximum Gasteiger partial charge on any atom is 0.332 e. The van der Waals surface area contributed by atoms with Crippen molar-refractivity contribution in [2.75, 3.05) is 140 Å². The Morgan fingerprint density at radius 2 is 0.919 bits per heavy atom. The van der Waals surface area contributed by atoms with Crippen LogP contribution in [0.4, 0.5) is 0 Å². The normalized spacial score (nSPS) is 27.6. The van der Waals surface area contributed by atoms with Gasteiger partial charge in [0, 0.05) is 84.0 Å². The molecule has 62 heavy (non-hydrogen) atoms. The molecule has 15 heteroatoms. The second-order valence-electron chi connectivity index (χ2n) is 19.6. The molecule has 0 saturated carbocycles. The molecule has 0 bridgehead atoms. The number of aliphatic carboxylic acids is 1. The molecule has 0 aromatic heterocycles. The van der Waals surface area contributed by atoms with Gasteiger partial charge in [-0.05, 0) is 214 Å². The molecule has 8 aliphatic rings. The Bertz CT molecular complexity index is 1180. The van der Waals surface area contributed by atoms with Gasteiger partial charge in [0.25, 0.3) is 5.91 Å². The van der Waals surface area contributed by atoms with Crippen molar-refractivity contribution >= 4 is 11.9 Å². The van der Waals surface area contributed by atoms with E-state index in [0.717, 1.165) is 81.6 Å². The summed E-state index contributed by atoms with van der Waals surface area (Å²) < 4.78 is 10.3. The van der Waals surface area contributed by atoms with E-state index in [1.54, 1.807) is 0 Å². The Kier molecular flexibility index (Phi) is 26.4. The summed E-state index contributed by atoms with van der Waals surface area (Å²) in [7, 11) is 8.50. The minimum absolute atomic E-state index is 0. The third-order valence-electron chi connectivity index (χ3n) is 15.2. The topological polar surface area (TPSA) is 137 Å². The predicted molar refractivity (Wildman–Crippen MR) is 248 cm³/mol. The van der Waals surface area contributed by atoms with E-state index in [4.69, 9.17) is 14.6 Å². The van der Waals surface area contributed by atoms with Crippen molar-refractivity contribution in [3.63, 3.8) is 0 Å². The van der Waals surface area contributed by atoms with Crippen molar-refractivity contribution in [2.45, 2.75) is 133 Å². The molecule has 0 aromatic carbocycles. The summed E-state index contributed by atoms with van der Waals surface area (Å²) in [6, 6.07) is 2.25. The van der Waals surface area contributed by atoms with Crippen molar-refractivity contribution in [3.05, 3.63) is 0 Å². The van der Waals surface area contributed by atoms with Gasteiger partial charge in [0.2, 0.25) is 0 Å². The number of hydrogen-bond donors (Lipinski definition) is 5. The summed E-state index contributed by atoms with van der Waals surface area (Å²) in [4.78, 5) is 34.9. The van der Waals surface area contributed by atoms with E-state index in [1.165, 1.54) is 149 Å². The molecule has 8 saturated heterocycles. The van der Waals surface area contributed by atoms with Crippen LogP contribution in [0.15, 0.2) is 0 Å². The summed E-state index contributed by atoms with van der Waals surface area (Å²) >= 11 is 0. The number of hydrogen-bond acceptors (Lipinski definition) is 12. The van der Waals surface area contributed by atoms with Crippen molar-refractivity contribution in [2.24, 2.45) is 17.8 Å². The van der Waals surface area contributed by atoms with Gasteiger partial charge in [0.15, 0.2) is 6.10 Å². The van der Waals surface area contributed by atoms with E-state index in [9.17, 15) is 9.59 Å². The first kappa shape index (κ1) is 53.7. The quantitative estimate of drug-likeness (QED) is 0.208. The molecule has 1 radical (unpaired) electrons. The van der Waals surface area contributed by atoms with Crippen LogP contribution in [0.1, 0.15) is 104 Å². The number of ether oxygens (including phenoxy) is 2. The smallest absolute Gasteiger partial charge is 0.332 e. The first-order chi connectivity index (χ1) is 29.7. The molecule has 0 aromatic rings. The van der Waals surface area contributed by atoms with Gasteiger partial charge in [-0.2, -0.15) is 0 Å². The minimum Gasteiger partial charge on any atom is -0.479 e. The fourth-order valence-corrected chi connectivity index (χ4v) is 10.7. The van der Waals surface area contributed by atoms with E-state index < -0.39 is 12.1 Å². The number of carboxylic acid groups (broad SMARTS) is 1. The summed E-state index contributed by atoms with van der Waals surface area (Å²) in [6.07, 6.45) is 18.6. The molecule has 8 rings (SSSR count). The third-order valence-corrected chi connectivity index (χ3v) is 15.2. The number of nitrogens with one attached hydrogen (secondary N) is 4. The van der Waals surface area contributed by atoms with Crippen LogP contribution in [0.5, 0.6) is 0 Å². The summed E-state index contributed by atoms with van der Waals surface area (Å²) in [5, 5.41) is 21.9. The van der Waals surface area contributed by atoms with Crippen molar-refractivity contribution < 1.29 is 44.2 Å². The Morgan fingerprint density at radius 1 is 0.548 bits per heavy atom. The fraction of sp³-hybridized carbons (Fsp3) is 0.957. The Hall–Kier alpha value is -0.876. The van der Waals surface area contributed by atoms with Gasteiger partial charge in [-0.25, -0.2) is 4.79 Å². The van der Waals surface area contributed by atoms with Crippen LogP contribution < -0.4 is 21.3 Å². The van der Waals surface area contributed by atoms with E-state index in [0.29, 0.717) is 19.1 Å². The van der Waals surface area contributed by atoms with E-state index in [1.807, 2.05) is 4.90 Å². The van der Waals surface area contributed by atoms with Gasteiger partial charge in [-0.15, -0.1) is 0 Å². The number of carboxylic acids is 1. The zero-order valence-corrected chi connectivity index (χ0v) is 41.1. The van der Waals surface area contributed by atoms with Crippen molar-refractivity contribution in [1.29, 1.82) is 0 Å². The molecule has 1 amide bonds. The SMILES string of the molecule is CNC1CCN(CC2CCN(C(=O)[C@@H]3CCCO3)CC2)CC1.CNC1CCN(CC2CCN(C)CC2)CC1.CNC1CCN(CC2CCNCC2)CC1.O=C(O)[C@@H]1CCCO1.[2HH].[V]. The average molecular weight is 916 g/mol. The molecule has 8 aliphatic heterocycles. The summed E-state index contributed by atoms with van der Waals surface area (Å²) in [5.41, 5.74) is 0. The van der Waals surface area contributed by atoms with E-state index in [2.05, 4.69) is 69.1 Å². The Labute approximate surface area is 390 Å². The monoisotopic (exact) mass is 916 g/mol. The zero-order chi connectivity index (χ0) is 43.2. The maximum atomic E-state index is 12.3. The molecule has 0 spiro atoms. The minimum atomic E-state index is -0.831. The van der Waals surface area contributed by atoms with Crippen LogP contribution in [0, 0.1) is 17.8 Å². The van der Waals surface area contributed by atoms with Gasteiger partial charge in [0.05, 0.1) is 0 Å². The van der Waals surface area contributed by atoms with Crippen LogP contribution in [0.25, 0.3) is 0 Å². The summed E-state index contributed by atoms with van der Waals surface area (Å²) in [5.74, 6) is 2.09. The Balaban J connectivity index is 0.000000232. The maximum absolute atomic E-state index is 12.3. The molecular weight excluding hydrogens is 822 g/mol. The molecular formula is C47H93N9O5V. The zero-order valence-electron chi connectivity index (χ0n) is 39.7. The van der Waals surface area contributed by atoms with Crippen molar-refractivity contribution in [1.82, 2.24) is 45.8 Å². The van der Waals surface area contributed by atoms with E-state index >= 15 is 0 Å². The van der Waals surface area contributed by atoms with Gasteiger partial charge in [-0.1, -0.05) is 0 Å². The van der Waals surface area contributed by atoms with Crippen LogP contribution in [0.3, 0.4) is 0 Å². The standard InChI is InChI=1S/C17H31N3O2.C13H27N3.C12H25N3.C5H8O3.V.H2/c1-18-15-6-8-19(9-7-15)13-14-4-10-20(11-5-14)17(21)16-3-2-12-22-16;1-14-13-5-9-16(10-6-13)11-12-3-7-15(2)8-4-12;1-13-12-4-8-15(9-5-12)10-11-2-6-14-7-3-11;6-5(7)4-2-1-3-8-4;;/h14-16,18H,2-13H2,1H3;12-14H,3-11H2,1-2H3;11-14H,2-10H2,1H3;4H,1-3H2,(H,6,7);;1H/t16-;;;4-;;/m0..0../s1/i;;;;;1+1. The molecule has 361 valence electrons. The third kappa shape index (κ3) is 19.5. The first-order valence-electron chi connectivity index (χ1n) is 25.1. The number of nitrogens with zero attached hydrogens (tertiary/aromatic N) is 5. The number of piperidine rings is 6. The predicted octanol–water partition coefficient (Wildman–Crippen LogP) is 3.26. The molecule has 0 unspecified atom stereocenters. The van der Waals surface area contributed by atoms with Crippen LogP contribution in [-0.4, -0.2) is 211 Å². The molecule has 8 fully saturated rings. The van der Waals surface area contributed by atoms with Gasteiger partial charge < -0.3 is 60.3 Å². The Morgan fingerprint density at radius 3 is 1.26 bits per heavy atom. The van der Waals surface area contributed by atoms with Crippen LogP contribution in [-0.2, 0) is 37.6 Å². The second-order valence-corrected chi connectivity index (χ2v) is 19.6.